The molecular formula is C2H8N4O2. The summed E-state index contributed by atoms with van der Waals surface area (Å²) in [6.07, 6.45) is 0.500. The Morgan fingerprint density at radius 1 is 1.50 bits per heavy atom. The average Bonchev–Trinajstić information content (AvgIpc) is 1.33. The lowest BCUT2D eigenvalue weighted by Gasteiger charge is -1.62. The Balaban J connectivity index is -0.0000000575. The van der Waals surface area contributed by atoms with E-state index >= 15 is 0 Å². The van der Waals surface area contributed by atoms with Crippen LogP contribution in [0.25, 0.3) is 5.41 Å². The molecular weight excluding hydrogens is 112 g/mol. The van der Waals surface area contributed by atoms with Crippen molar-refractivity contribution in [3.05, 3.63) is 5.41 Å². The van der Waals surface area contributed by atoms with Crippen LogP contribution in [-0.4, -0.2) is 12.1 Å². The summed E-state index contributed by atoms with van der Waals surface area (Å²) in [6.45, 7) is 0. The van der Waals surface area contributed by atoms with Crippen molar-refractivity contribution in [2.24, 2.45) is 11.5 Å². The summed E-state index contributed by atoms with van der Waals surface area (Å²) in [5.41, 5.74) is 8.50. The van der Waals surface area contributed by atoms with Gasteiger partial charge in [0, 0.05) is 0 Å². The molecule has 0 aromatic rings. The Labute approximate surface area is 45.9 Å². The SMILES string of the molecule is NC(N)=O.[N-]=C=O.[NH4+]. The molecule has 0 atom stereocenters. The smallest absolute Gasteiger partial charge is 0.309 e. The monoisotopic (exact) mass is 120 g/mol. The van der Waals surface area contributed by atoms with Crippen LogP contribution in [0.1, 0.15) is 0 Å². The fourth-order valence-electron chi connectivity index (χ4n) is 0. The molecule has 6 heteroatoms. The maximum Gasteiger partial charge on any atom is 0.309 e. The van der Waals surface area contributed by atoms with Gasteiger partial charge in [-0.25, -0.2) is 4.79 Å². The van der Waals surface area contributed by atoms with Gasteiger partial charge in [0.15, 0.2) is 0 Å². The van der Waals surface area contributed by atoms with E-state index in [-0.39, 0.29) is 6.15 Å². The third-order valence-electron chi connectivity index (χ3n) is 0. The van der Waals surface area contributed by atoms with E-state index in [9.17, 15) is 0 Å². The Morgan fingerprint density at radius 2 is 1.50 bits per heavy atom. The number of rotatable bonds is 0. The zero-order valence-electron chi connectivity index (χ0n) is 4.42. The van der Waals surface area contributed by atoms with Crippen LogP contribution in [-0.2, 0) is 4.79 Å². The molecule has 0 rings (SSSR count). The third kappa shape index (κ3) is 31.1. The Bertz CT molecular complexity index is 80.0. The van der Waals surface area contributed by atoms with Gasteiger partial charge < -0.3 is 23.0 Å². The summed E-state index contributed by atoms with van der Waals surface area (Å²) in [5, 5.41) is 6.76. The minimum Gasteiger partial charge on any atom is -0.724 e. The first-order chi connectivity index (χ1) is 3.15. The van der Waals surface area contributed by atoms with Gasteiger partial charge in [0.1, 0.15) is 0 Å². The van der Waals surface area contributed by atoms with E-state index < -0.39 is 6.03 Å². The van der Waals surface area contributed by atoms with Crippen LogP contribution < -0.4 is 17.6 Å². The van der Waals surface area contributed by atoms with Crippen LogP contribution in [0.5, 0.6) is 0 Å². The molecule has 0 unspecified atom stereocenters. The molecule has 0 fully saturated rings. The number of nitrogens with zero attached hydrogens (tertiary/aromatic N) is 1. The molecule has 8 N–H and O–H groups in total. The summed E-state index contributed by atoms with van der Waals surface area (Å²) in [7, 11) is 0. The van der Waals surface area contributed by atoms with Crippen molar-refractivity contribution in [2.45, 2.75) is 0 Å². The highest BCUT2D eigenvalue weighted by molar-refractivity contribution is 5.69. The van der Waals surface area contributed by atoms with Gasteiger partial charge in [-0.05, 0) is 6.08 Å². The summed E-state index contributed by atoms with van der Waals surface area (Å²) >= 11 is 0. The molecule has 0 aromatic heterocycles. The topological polar surface area (TPSA) is 145 Å². The lowest BCUT2D eigenvalue weighted by molar-refractivity contribution is 0.256. The molecule has 2 amide bonds. The summed E-state index contributed by atoms with van der Waals surface area (Å²) in [4.78, 5) is 17.2. The Kier molecular flexibility index (Phi) is 34.9. The van der Waals surface area contributed by atoms with E-state index in [4.69, 9.17) is 15.0 Å². The summed E-state index contributed by atoms with van der Waals surface area (Å²) in [6, 6.07) is -0.833. The number of quaternary nitrogens is 1. The minimum absolute atomic E-state index is 0. The van der Waals surface area contributed by atoms with Gasteiger partial charge in [-0.2, -0.15) is 0 Å². The lowest BCUT2D eigenvalue weighted by Crippen LogP contribution is -2.18. The summed E-state index contributed by atoms with van der Waals surface area (Å²) < 4.78 is 0. The molecule has 0 bridgehead atoms. The molecule has 0 aliphatic carbocycles. The van der Waals surface area contributed by atoms with Gasteiger partial charge in [0.2, 0.25) is 0 Å². The molecule has 0 aromatic carbocycles. The van der Waals surface area contributed by atoms with E-state index in [1.54, 1.807) is 0 Å². The standard InChI is InChI=1S/CH4N2O.CNO.H3N/c2-1(3)4;2-1-3;/h(H4,2,3,4);;1H3/q;-1;/p+1. The van der Waals surface area contributed by atoms with Crippen LogP contribution in [0, 0.1) is 0 Å². The highest BCUT2D eigenvalue weighted by atomic mass is 16.2. The fourth-order valence-corrected chi connectivity index (χ4v) is 0. The maximum atomic E-state index is 9.00. The second-order valence-corrected chi connectivity index (χ2v) is 0.494. The van der Waals surface area contributed by atoms with E-state index in [1.807, 2.05) is 0 Å². The highest BCUT2D eigenvalue weighted by Gasteiger charge is 1.60. The molecule has 0 saturated carbocycles. The molecule has 0 spiro atoms. The first kappa shape index (κ1) is 16.0. The lowest BCUT2D eigenvalue weighted by atomic mass is 11.2. The van der Waals surface area contributed by atoms with Gasteiger partial charge in [-0.3, -0.25) is 4.79 Å². The predicted octanol–water partition coefficient (Wildman–Crippen LogP) is -0.708. The third-order valence-corrected chi connectivity index (χ3v) is 0. The minimum atomic E-state index is -0.833. The molecule has 6 nitrogen and oxygen atoms in total. The van der Waals surface area contributed by atoms with Gasteiger partial charge in [-0.15, -0.1) is 0 Å². The second kappa shape index (κ2) is 17.5. The van der Waals surface area contributed by atoms with Crippen molar-refractivity contribution < 1.29 is 9.59 Å². The van der Waals surface area contributed by atoms with Crippen LogP contribution in [0.2, 0.25) is 0 Å². The molecule has 0 aliphatic rings. The highest BCUT2D eigenvalue weighted by Crippen LogP contribution is 1.25. The zero-order valence-corrected chi connectivity index (χ0v) is 4.42. The molecule has 0 radical (unpaired) electrons. The molecule has 48 valence electrons. The van der Waals surface area contributed by atoms with Gasteiger partial charge in [0.05, 0.1) is 0 Å². The van der Waals surface area contributed by atoms with Crippen LogP contribution >= 0.6 is 0 Å². The zero-order chi connectivity index (χ0) is 6.28. The van der Waals surface area contributed by atoms with E-state index in [1.165, 1.54) is 0 Å². The Morgan fingerprint density at radius 3 is 1.50 bits per heavy atom. The average molecular weight is 120 g/mol. The van der Waals surface area contributed by atoms with Crippen molar-refractivity contribution in [3.63, 3.8) is 0 Å². The maximum absolute atomic E-state index is 9.00. The van der Waals surface area contributed by atoms with Crippen molar-refractivity contribution >= 4 is 12.1 Å². The molecule has 0 saturated heterocycles. The number of primary amides is 2. The van der Waals surface area contributed by atoms with Crippen LogP contribution in [0.4, 0.5) is 4.79 Å². The second-order valence-electron chi connectivity index (χ2n) is 0.494. The molecule has 8 heavy (non-hydrogen) atoms. The number of isocyanates is 1. The molecule has 0 aliphatic heterocycles. The van der Waals surface area contributed by atoms with Gasteiger partial charge >= 0.3 is 6.03 Å². The number of amides is 2. The number of hydrogen-bond acceptors (Lipinski definition) is 2. The van der Waals surface area contributed by atoms with E-state index in [0.717, 1.165) is 0 Å². The van der Waals surface area contributed by atoms with Crippen molar-refractivity contribution in [1.82, 2.24) is 6.15 Å². The van der Waals surface area contributed by atoms with Gasteiger partial charge in [-0.1, -0.05) is 0 Å². The van der Waals surface area contributed by atoms with Crippen LogP contribution in [0.15, 0.2) is 0 Å². The predicted molar refractivity (Wildman–Crippen MR) is 28.8 cm³/mol. The van der Waals surface area contributed by atoms with E-state index in [2.05, 4.69) is 11.5 Å². The number of hydrogen-bond donors (Lipinski definition) is 3. The quantitative estimate of drug-likeness (QED) is 0.286. The first-order valence-corrected chi connectivity index (χ1v) is 1.21. The number of carbonyl (C=O) groups is 1. The number of nitrogens with two attached hydrogens (primary N) is 2. The first-order valence-electron chi connectivity index (χ1n) is 1.21. The summed E-state index contributed by atoms with van der Waals surface area (Å²) in [5.74, 6) is 0. The Hall–Kier alpha value is -1.39. The largest absolute Gasteiger partial charge is 0.724 e. The number of urea groups is 1. The number of carbonyl (C=O) groups excluding carboxylic acids is 2. The fraction of sp³-hybridized carbons (Fsp3) is 0. The molecule has 0 heterocycles. The normalized spacial score (nSPS) is 4.00. The van der Waals surface area contributed by atoms with Gasteiger partial charge in [0.25, 0.3) is 0 Å². The van der Waals surface area contributed by atoms with Crippen molar-refractivity contribution in [1.29, 1.82) is 0 Å². The van der Waals surface area contributed by atoms with Crippen molar-refractivity contribution in [3.8, 4) is 0 Å². The van der Waals surface area contributed by atoms with Crippen molar-refractivity contribution in [2.75, 3.05) is 0 Å². The van der Waals surface area contributed by atoms with E-state index in [0.29, 0.717) is 6.08 Å². The van der Waals surface area contributed by atoms with Crippen LogP contribution in [0.3, 0.4) is 0 Å².